The van der Waals surface area contributed by atoms with Gasteiger partial charge in [-0.25, -0.2) is 0 Å². The largest absolute Gasteiger partial charge is 0.300 e. The molecule has 5 heteroatoms. The van der Waals surface area contributed by atoms with Crippen LogP contribution in [-0.4, -0.2) is 30.1 Å². The van der Waals surface area contributed by atoms with Gasteiger partial charge in [-0.3, -0.25) is 11.3 Å². The van der Waals surface area contributed by atoms with Gasteiger partial charge < -0.3 is 4.90 Å². The van der Waals surface area contributed by atoms with Crippen molar-refractivity contribution in [3.63, 3.8) is 0 Å². The Hall–Kier alpha value is 0.0600. The maximum absolute atomic E-state index is 5.83. The predicted octanol–water partition coefficient (Wildman–Crippen LogP) is 2.76. The topological polar surface area (TPSA) is 41.3 Å². The van der Waals surface area contributed by atoms with Crippen molar-refractivity contribution in [1.29, 1.82) is 0 Å². The third kappa shape index (κ3) is 2.90. The lowest BCUT2D eigenvalue weighted by atomic mass is 9.84. The van der Waals surface area contributed by atoms with Crippen LogP contribution >= 0.6 is 27.3 Å². The first kappa shape index (κ1) is 14.0. The summed E-state index contributed by atoms with van der Waals surface area (Å²) in [5, 5.41) is 2.15. The summed E-state index contributed by atoms with van der Waals surface area (Å²) in [6.07, 6.45) is 6.41. The van der Waals surface area contributed by atoms with Crippen molar-refractivity contribution in [3.05, 3.63) is 20.8 Å². The molecule has 2 aliphatic heterocycles. The summed E-state index contributed by atoms with van der Waals surface area (Å²) in [5.74, 6) is 6.56. The first-order valence-electron chi connectivity index (χ1n) is 7.08. The monoisotopic (exact) mass is 343 g/mol. The minimum Gasteiger partial charge on any atom is -0.300 e. The SMILES string of the molecule is CN1C2CCC1CC(C(Cc1cc(Br)cs1)NN)C2. The van der Waals surface area contributed by atoms with E-state index in [2.05, 4.69) is 44.7 Å². The van der Waals surface area contributed by atoms with Gasteiger partial charge in [0, 0.05) is 32.9 Å². The molecule has 0 spiro atoms. The van der Waals surface area contributed by atoms with Crippen molar-refractivity contribution in [1.82, 2.24) is 10.3 Å². The Morgan fingerprint density at radius 1 is 1.47 bits per heavy atom. The zero-order valence-corrected chi connectivity index (χ0v) is 13.7. The molecule has 3 N–H and O–H groups in total. The lowest BCUT2D eigenvalue weighted by Gasteiger charge is -2.39. The number of thiophene rings is 1. The highest BCUT2D eigenvalue weighted by Gasteiger charge is 2.40. The van der Waals surface area contributed by atoms with E-state index in [1.807, 2.05) is 11.3 Å². The van der Waals surface area contributed by atoms with E-state index >= 15 is 0 Å². The number of hydrogen-bond donors (Lipinski definition) is 2. The number of hydrazine groups is 1. The smallest absolute Gasteiger partial charge is 0.0288 e. The lowest BCUT2D eigenvalue weighted by molar-refractivity contribution is 0.112. The molecule has 1 aromatic rings. The maximum Gasteiger partial charge on any atom is 0.0288 e. The van der Waals surface area contributed by atoms with Gasteiger partial charge in [0.05, 0.1) is 0 Å². The van der Waals surface area contributed by atoms with Gasteiger partial charge in [-0.1, -0.05) is 0 Å². The molecule has 0 radical (unpaired) electrons. The second kappa shape index (κ2) is 5.82. The van der Waals surface area contributed by atoms with Crippen LogP contribution in [0, 0.1) is 5.92 Å². The molecule has 0 saturated carbocycles. The van der Waals surface area contributed by atoms with Crippen LogP contribution in [0.4, 0.5) is 0 Å². The van der Waals surface area contributed by atoms with Crippen LogP contribution in [0.25, 0.3) is 0 Å². The number of nitrogens with zero attached hydrogens (tertiary/aromatic N) is 1. The van der Waals surface area contributed by atoms with Crippen molar-refractivity contribution >= 4 is 27.3 Å². The summed E-state index contributed by atoms with van der Waals surface area (Å²) >= 11 is 5.35. The van der Waals surface area contributed by atoms with Gasteiger partial charge in [0.2, 0.25) is 0 Å². The van der Waals surface area contributed by atoms with Crippen molar-refractivity contribution in [3.8, 4) is 0 Å². The molecule has 3 unspecified atom stereocenters. The number of nitrogens with two attached hydrogens (primary N) is 1. The summed E-state index contributed by atoms with van der Waals surface area (Å²) in [5.41, 5.74) is 3.09. The Balaban J connectivity index is 1.66. The zero-order chi connectivity index (χ0) is 13.4. The molecule has 0 aromatic carbocycles. The molecule has 1 aromatic heterocycles. The van der Waals surface area contributed by atoms with Crippen LogP contribution in [0.5, 0.6) is 0 Å². The molecule has 2 fully saturated rings. The van der Waals surface area contributed by atoms with Crippen LogP contribution in [0.1, 0.15) is 30.6 Å². The minimum atomic E-state index is 0.419. The highest BCUT2D eigenvalue weighted by atomic mass is 79.9. The number of hydrogen-bond acceptors (Lipinski definition) is 4. The summed E-state index contributed by atoms with van der Waals surface area (Å²) in [6.45, 7) is 0. The van der Waals surface area contributed by atoms with Gasteiger partial charge >= 0.3 is 0 Å². The number of fused-ring (bicyclic) bond motifs is 2. The fraction of sp³-hybridized carbons (Fsp3) is 0.714. The maximum atomic E-state index is 5.83. The second-order valence-electron chi connectivity index (χ2n) is 5.99. The molecule has 3 atom stereocenters. The Morgan fingerprint density at radius 2 is 2.16 bits per heavy atom. The van der Waals surface area contributed by atoms with E-state index in [0.717, 1.165) is 24.4 Å². The van der Waals surface area contributed by atoms with Crippen LogP contribution in [0.15, 0.2) is 15.9 Å². The molecular formula is C14H22BrN3S. The average molecular weight is 344 g/mol. The van der Waals surface area contributed by atoms with Crippen molar-refractivity contribution in [2.24, 2.45) is 11.8 Å². The third-order valence-corrected chi connectivity index (χ3v) is 6.68. The molecule has 2 aliphatic rings. The quantitative estimate of drug-likeness (QED) is 0.652. The average Bonchev–Trinajstić information content (AvgIpc) is 2.87. The highest BCUT2D eigenvalue weighted by Crippen LogP contribution is 2.39. The molecule has 106 valence electrons. The van der Waals surface area contributed by atoms with Gasteiger partial charge in [-0.05, 0) is 67.1 Å². The molecule has 2 saturated heterocycles. The number of piperidine rings is 1. The number of nitrogens with one attached hydrogen (secondary N) is 1. The Labute approximate surface area is 127 Å². The second-order valence-corrected chi connectivity index (χ2v) is 7.90. The summed E-state index contributed by atoms with van der Waals surface area (Å²) < 4.78 is 1.19. The number of halogens is 1. The molecule has 3 heterocycles. The summed E-state index contributed by atoms with van der Waals surface area (Å²) in [4.78, 5) is 4.01. The van der Waals surface area contributed by atoms with Gasteiger partial charge in [-0.15, -0.1) is 11.3 Å². The zero-order valence-electron chi connectivity index (χ0n) is 11.3. The Kier molecular flexibility index (Phi) is 4.29. The van der Waals surface area contributed by atoms with Gasteiger partial charge in [0.1, 0.15) is 0 Å². The third-order valence-electron chi connectivity index (χ3n) is 4.96. The standard InChI is InChI=1S/C14H22BrN3S/c1-18-11-2-3-12(18)5-9(4-11)14(17-16)7-13-6-10(15)8-19-13/h6,8-9,11-12,14,17H,2-5,7,16H2,1H3. The fourth-order valence-corrected chi connectivity index (χ4v) is 5.33. The first-order chi connectivity index (χ1) is 9.17. The van der Waals surface area contributed by atoms with E-state index in [-0.39, 0.29) is 0 Å². The van der Waals surface area contributed by atoms with E-state index in [1.165, 1.54) is 35.0 Å². The molecule has 2 bridgehead atoms. The number of rotatable bonds is 4. The lowest BCUT2D eigenvalue weighted by Crippen LogP contribution is -2.49. The van der Waals surface area contributed by atoms with Crippen LogP contribution in [0.2, 0.25) is 0 Å². The van der Waals surface area contributed by atoms with E-state index in [1.54, 1.807) is 0 Å². The van der Waals surface area contributed by atoms with Crippen LogP contribution in [-0.2, 0) is 6.42 Å². The highest BCUT2D eigenvalue weighted by molar-refractivity contribution is 9.10. The van der Waals surface area contributed by atoms with Crippen molar-refractivity contribution in [2.45, 2.75) is 50.2 Å². The molecular weight excluding hydrogens is 322 g/mol. The van der Waals surface area contributed by atoms with Crippen LogP contribution < -0.4 is 11.3 Å². The van der Waals surface area contributed by atoms with Gasteiger partial charge in [0.15, 0.2) is 0 Å². The first-order valence-corrected chi connectivity index (χ1v) is 8.75. The van der Waals surface area contributed by atoms with Crippen LogP contribution in [0.3, 0.4) is 0 Å². The van der Waals surface area contributed by atoms with E-state index in [9.17, 15) is 0 Å². The van der Waals surface area contributed by atoms with E-state index in [0.29, 0.717) is 6.04 Å². The molecule has 19 heavy (non-hydrogen) atoms. The van der Waals surface area contributed by atoms with Crippen molar-refractivity contribution < 1.29 is 0 Å². The minimum absolute atomic E-state index is 0.419. The Bertz CT molecular complexity index is 422. The molecule has 3 nitrogen and oxygen atoms in total. The van der Waals surface area contributed by atoms with E-state index in [4.69, 9.17) is 5.84 Å². The molecule has 3 rings (SSSR count). The predicted molar refractivity (Wildman–Crippen MR) is 84.1 cm³/mol. The normalized spacial score (nSPS) is 32.7. The Morgan fingerprint density at radius 3 is 2.68 bits per heavy atom. The fourth-order valence-electron chi connectivity index (χ4n) is 3.82. The summed E-state index contributed by atoms with van der Waals surface area (Å²) in [6, 6.07) is 4.21. The van der Waals surface area contributed by atoms with Gasteiger partial charge in [-0.2, -0.15) is 0 Å². The van der Waals surface area contributed by atoms with Gasteiger partial charge in [0.25, 0.3) is 0 Å². The molecule has 0 amide bonds. The molecule has 0 aliphatic carbocycles. The van der Waals surface area contributed by atoms with E-state index < -0.39 is 0 Å². The van der Waals surface area contributed by atoms with Crippen molar-refractivity contribution in [2.75, 3.05) is 7.05 Å². The summed E-state index contributed by atoms with van der Waals surface area (Å²) in [7, 11) is 2.29.